The van der Waals surface area contributed by atoms with E-state index in [1.807, 2.05) is 12.1 Å². The van der Waals surface area contributed by atoms with Crippen molar-refractivity contribution in [2.75, 3.05) is 0 Å². The maximum absolute atomic E-state index is 8.88. The zero-order chi connectivity index (χ0) is 13.9. The lowest BCUT2D eigenvalue weighted by Gasteiger charge is -2.14. The molecule has 0 aliphatic rings. The molecule has 1 atom stereocenters. The summed E-state index contributed by atoms with van der Waals surface area (Å²) < 4.78 is 21.8. The fourth-order valence-electron chi connectivity index (χ4n) is 1.38. The Morgan fingerprint density at radius 1 is 1.33 bits per heavy atom. The number of hydrogen-bond donors (Lipinski definition) is 1. The van der Waals surface area contributed by atoms with Gasteiger partial charge in [0.05, 0.1) is 0 Å². The van der Waals surface area contributed by atoms with Gasteiger partial charge in [0.1, 0.15) is 6.10 Å². The van der Waals surface area contributed by atoms with Crippen molar-refractivity contribution in [3.8, 4) is 0 Å². The zero-order valence-electron chi connectivity index (χ0n) is 12.0. The van der Waals surface area contributed by atoms with Gasteiger partial charge in [-0.15, -0.1) is 0 Å². The van der Waals surface area contributed by atoms with Gasteiger partial charge in [-0.2, -0.15) is 0 Å². The van der Waals surface area contributed by atoms with Gasteiger partial charge in [-0.1, -0.05) is 44.7 Å². The van der Waals surface area contributed by atoms with Gasteiger partial charge in [-0.25, -0.2) is 4.89 Å². The van der Waals surface area contributed by atoms with Crippen LogP contribution >= 0.6 is 0 Å². The van der Waals surface area contributed by atoms with Gasteiger partial charge >= 0.3 is 0 Å². The third kappa shape index (κ3) is 2.91. The molecule has 82 valence electrons. The molecule has 0 radical (unpaired) electrons. The first-order valence-electron chi connectivity index (χ1n) is 6.36. The van der Waals surface area contributed by atoms with Crippen LogP contribution in [0.25, 0.3) is 0 Å². The predicted octanol–water partition coefficient (Wildman–Crippen LogP) is 3.92. The normalized spacial score (nSPS) is 16.7. The average Bonchev–Trinajstić information content (AvgIpc) is 2.29. The van der Waals surface area contributed by atoms with E-state index in [1.54, 1.807) is 12.1 Å². The molecule has 0 saturated heterocycles. The summed E-state index contributed by atoms with van der Waals surface area (Å²) in [5, 5.41) is 8.88. The molecule has 1 N–H and O–H groups in total. The Hall–Kier alpha value is -1.12. The molecule has 15 heavy (non-hydrogen) atoms. The molecule has 0 saturated carbocycles. The van der Waals surface area contributed by atoms with E-state index in [1.165, 1.54) is 0 Å². The van der Waals surface area contributed by atoms with Crippen LogP contribution in [0.1, 0.15) is 48.0 Å². The second kappa shape index (κ2) is 5.10. The summed E-state index contributed by atoms with van der Waals surface area (Å²) in [5.41, 5.74) is 1.57. The predicted molar refractivity (Wildman–Crippen MR) is 61.8 cm³/mol. The molecule has 0 aliphatic carbocycles. The minimum atomic E-state index is -2.36. The topological polar surface area (TPSA) is 29.5 Å². The minimum absolute atomic E-state index is 0.137. The highest BCUT2D eigenvalue weighted by Crippen LogP contribution is 2.25. The van der Waals surface area contributed by atoms with Crippen molar-refractivity contribution < 1.29 is 14.3 Å². The summed E-state index contributed by atoms with van der Waals surface area (Å²) in [4.78, 5) is 4.27. The molecule has 1 unspecified atom stereocenters. The van der Waals surface area contributed by atoms with Gasteiger partial charge in [-0.05, 0) is 29.5 Å². The minimum Gasteiger partial charge on any atom is -0.251 e. The fraction of sp³-hybridized carbons (Fsp3) is 0.385. The van der Waals surface area contributed by atoms with Gasteiger partial charge in [-0.3, -0.25) is 5.26 Å². The van der Waals surface area contributed by atoms with Crippen molar-refractivity contribution in [2.45, 2.75) is 32.7 Å². The summed E-state index contributed by atoms with van der Waals surface area (Å²) in [6.45, 7) is 5.26. The molecular formula is C13H18O2. The molecular weight excluding hydrogens is 188 g/mol. The molecule has 0 aliphatic heterocycles. The fourth-order valence-corrected chi connectivity index (χ4v) is 1.38. The monoisotopic (exact) mass is 209 g/mol. The standard InChI is InChI=1S/C13H18O2/c1-9(2)11-5-7-12(8-6-11)13(15-14)10(3)4/h5-9,13-14H,3H2,1-2,4H3/i4D3. The lowest BCUT2D eigenvalue weighted by Crippen LogP contribution is -2.02. The van der Waals surface area contributed by atoms with Crippen molar-refractivity contribution in [1.82, 2.24) is 0 Å². The van der Waals surface area contributed by atoms with Crippen LogP contribution in [-0.4, -0.2) is 5.26 Å². The second-order valence-corrected chi connectivity index (χ2v) is 3.83. The molecule has 0 heterocycles. The molecule has 0 bridgehead atoms. The van der Waals surface area contributed by atoms with Gasteiger partial charge in [0, 0.05) is 4.11 Å². The number of benzene rings is 1. The first-order valence-corrected chi connectivity index (χ1v) is 4.86. The highest BCUT2D eigenvalue weighted by atomic mass is 17.1. The van der Waals surface area contributed by atoms with E-state index < -0.39 is 13.0 Å². The average molecular weight is 209 g/mol. The molecule has 0 aromatic heterocycles. The molecule has 0 fully saturated rings. The van der Waals surface area contributed by atoms with E-state index in [9.17, 15) is 0 Å². The van der Waals surface area contributed by atoms with E-state index in [4.69, 9.17) is 9.37 Å². The summed E-state index contributed by atoms with van der Waals surface area (Å²) in [6.07, 6.45) is -1.03. The Balaban J connectivity index is 3.00. The summed E-state index contributed by atoms with van der Waals surface area (Å²) in [6, 6.07) is 7.26. The summed E-state index contributed by atoms with van der Waals surface area (Å²) in [5.74, 6) is 0.387. The Labute approximate surface area is 95.3 Å². The molecule has 2 nitrogen and oxygen atoms in total. The third-order valence-electron chi connectivity index (χ3n) is 2.33. The molecule has 1 rings (SSSR count). The largest absolute Gasteiger partial charge is 0.251 e. The van der Waals surface area contributed by atoms with Crippen molar-refractivity contribution in [3.63, 3.8) is 0 Å². The second-order valence-electron chi connectivity index (χ2n) is 3.83. The SMILES string of the molecule is [2H]C([2H])([2H])C(=C)C(OO)c1ccc(C(C)C)cc1. The van der Waals surface area contributed by atoms with Crippen LogP contribution in [0, 0.1) is 0 Å². The van der Waals surface area contributed by atoms with Crippen LogP contribution in [-0.2, 0) is 4.89 Å². The molecule has 1 aromatic rings. The van der Waals surface area contributed by atoms with Gasteiger partial charge in [0.2, 0.25) is 0 Å². The van der Waals surface area contributed by atoms with Crippen LogP contribution in [0.5, 0.6) is 0 Å². The third-order valence-corrected chi connectivity index (χ3v) is 2.33. The lowest BCUT2D eigenvalue weighted by atomic mass is 9.98. The quantitative estimate of drug-likeness (QED) is 0.462. The Kier molecular flexibility index (Phi) is 2.75. The van der Waals surface area contributed by atoms with Gasteiger partial charge in [0.15, 0.2) is 0 Å². The Morgan fingerprint density at radius 2 is 1.87 bits per heavy atom. The highest BCUT2D eigenvalue weighted by Gasteiger charge is 2.12. The highest BCUT2D eigenvalue weighted by molar-refractivity contribution is 5.29. The molecule has 2 heteroatoms. The van der Waals surface area contributed by atoms with E-state index >= 15 is 0 Å². The number of rotatable bonds is 4. The van der Waals surface area contributed by atoms with Crippen LogP contribution < -0.4 is 0 Å². The Morgan fingerprint density at radius 3 is 2.27 bits per heavy atom. The van der Waals surface area contributed by atoms with E-state index in [-0.39, 0.29) is 5.57 Å². The number of hydrogen-bond acceptors (Lipinski definition) is 2. The van der Waals surface area contributed by atoms with Crippen LogP contribution in [0.3, 0.4) is 0 Å². The van der Waals surface area contributed by atoms with E-state index in [0.29, 0.717) is 11.5 Å². The first-order chi connectivity index (χ1) is 8.27. The van der Waals surface area contributed by atoms with E-state index in [2.05, 4.69) is 25.3 Å². The lowest BCUT2D eigenvalue weighted by molar-refractivity contribution is -0.271. The van der Waals surface area contributed by atoms with Crippen molar-refractivity contribution in [3.05, 3.63) is 47.5 Å². The molecule has 0 amide bonds. The molecule has 1 aromatic carbocycles. The summed E-state index contributed by atoms with van der Waals surface area (Å²) >= 11 is 0. The smallest absolute Gasteiger partial charge is 0.138 e. The van der Waals surface area contributed by atoms with Gasteiger partial charge < -0.3 is 0 Å². The first kappa shape index (κ1) is 8.08. The molecule has 0 spiro atoms. The van der Waals surface area contributed by atoms with Crippen molar-refractivity contribution >= 4 is 0 Å². The maximum Gasteiger partial charge on any atom is 0.138 e. The Bertz CT molecular complexity index is 407. The van der Waals surface area contributed by atoms with Gasteiger partial charge in [0.25, 0.3) is 0 Å². The van der Waals surface area contributed by atoms with Crippen LogP contribution in [0.4, 0.5) is 0 Å². The van der Waals surface area contributed by atoms with Crippen molar-refractivity contribution in [1.29, 1.82) is 0 Å². The van der Waals surface area contributed by atoms with Crippen molar-refractivity contribution in [2.24, 2.45) is 0 Å². The van der Waals surface area contributed by atoms with E-state index in [0.717, 1.165) is 5.56 Å². The zero-order valence-corrected chi connectivity index (χ0v) is 9.03. The maximum atomic E-state index is 8.88. The van der Waals surface area contributed by atoms with Crippen LogP contribution in [0.15, 0.2) is 36.4 Å². The summed E-state index contributed by atoms with van der Waals surface area (Å²) in [7, 11) is 0. The van der Waals surface area contributed by atoms with Crippen LogP contribution in [0.2, 0.25) is 0 Å².